The zero-order valence-electron chi connectivity index (χ0n) is 17.1. The number of hydrogen-bond acceptors (Lipinski definition) is 1. The SMILES string of the molecule is C=CC1(NC(=O)c2ccc(/C=C/C(c3cc(Cl)c(Cl)c(Cl)c3)C(F)(F)F)cc2C(F)(F)F)CC1. The lowest BCUT2D eigenvalue weighted by atomic mass is 9.96. The van der Waals surface area contributed by atoms with Crippen LogP contribution >= 0.6 is 34.8 Å². The molecule has 34 heavy (non-hydrogen) atoms. The Kier molecular flexibility index (Phi) is 7.37. The molecule has 2 aromatic rings. The summed E-state index contributed by atoms with van der Waals surface area (Å²) in [6.45, 7) is 3.57. The van der Waals surface area contributed by atoms with Gasteiger partial charge in [0.05, 0.1) is 37.7 Å². The predicted molar refractivity (Wildman–Crippen MR) is 120 cm³/mol. The van der Waals surface area contributed by atoms with Crippen molar-refractivity contribution in [3.63, 3.8) is 0 Å². The van der Waals surface area contributed by atoms with E-state index in [2.05, 4.69) is 11.9 Å². The third kappa shape index (κ3) is 5.90. The Hall–Kier alpha value is -2.16. The van der Waals surface area contributed by atoms with Crippen LogP contribution in [-0.2, 0) is 6.18 Å². The van der Waals surface area contributed by atoms with Crippen molar-refractivity contribution in [3.8, 4) is 0 Å². The van der Waals surface area contributed by atoms with Gasteiger partial charge < -0.3 is 5.32 Å². The number of allylic oxidation sites excluding steroid dienone is 1. The second kappa shape index (κ2) is 9.47. The van der Waals surface area contributed by atoms with Gasteiger partial charge in [-0.25, -0.2) is 0 Å². The van der Waals surface area contributed by atoms with Crippen LogP contribution in [0.5, 0.6) is 0 Å². The van der Waals surface area contributed by atoms with E-state index < -0.39 is 40.8 Å². The Morgan fingerprint density at radius 1 is 1.03 bits per heavy atom. The molecule has 0 heterocycles. The number of amides is 1. The van der Waals surface area contributed by atoms with E-state index in [4.69, 9.17) is 34.8 Å². The van der Waals surface area contributed by atoms with Crippen LogP contribution in [0, 0.1) is 0 Å². The Balaban J connectivity index is 1.97. The van der Waals surface area contributed by atoms with Crippen LogP contribution in [0.2, 0.25) is 15.1 Å². The lowest BCUT2D eigenvalue weighted by Crippen LogP contribution is -2.36. The topological polar surface area (TPSA) is 29.1 Å². The molecule has 0 radical (unpaired) electrons. The fourth-order valence-electron chi connectivity index (χ4n) is 3.28. The molecule has 1 fully saturated rings. The van der Waals surface area contributed by atoms with Crippen LogP contribution in [0.25, 0.3) is 6.08 Å². The summed E-state index contributed by atoms with van der Waals surface area (Å²) in [5, 5.41) is 1.99. The van der Waals surface area contributed by atoms with Crippen molar-refractivity contribution in [1.82, 2.24) is 5.32 Å². The minimum Gasteiger partial charge on any atom is -0.343 e. The number of rotatable bonds is 6. The van der Waals surface area contributed by atoms with E-state index in [1.807, 2.05) is 0 Å². The normalized spacial score (nSPS) is 16.4. The van der Waals surface area contributed by atoms with Gasteiger partial charge in [-0.1, -0.05) is 59.1 Å². The minimum absolute atomic E-state index is 0.120. The summed E-state index contributed by atoms with van der Waals surface area (Å²) in [6.07, 6.45) is -5.57. The molecule has 3 rings (SSSR count). The number of hydrogen-bond donors (Lipinski definition) is 1. The summed E-state index contributed by atoms with van der Waals surface area (Å²) in [7, 11) is 0. The first kappa shape index (κ1) is 26.4. The lowest BCUT2D eigenvalue weighted by Gasteiger charge is -2.19. The van der Waals surface area contributed by atoms with Gasteiger partial charge in [0.2, 0.25) is 0 Å². The molecule has 182 valence electrons. The molecule has 1 saturated carbocycles. The predicted octanol–water partition coefficient (Wildman–Crippen LogP) is 8.47. The molecular weight excluding hydrogens is 527 g/mol. The van der Waals surface area contributed by atoms with Crippen LogP contribution < -0.4 is 5.32 Å². The van der Waals surface area contributed by atoms with E-state index in [1.165, 1.54) is 6.08 Å². The monoisotopic (exact) mass is 541 g/mol. The molecule has 11 heteroatoms. The molecule has 1 unspecified atom stereocenters. The van der Waals surface area contributed by atoms with Crippen molar-refractivity contribution in [1.29, 1.82) is 0 Å². The third-order valence-corrected chi connectivity index (χ3v) is 6.53. The molecule has 0 bridgehead atoms. The number of nitrogens with one attached hydrogen (secondary N) is 1. The standard InChI is InChI=1S/C23H16Cl3F6NO/c1-2-21(7-8-21)33-20(34)14-5-3-12(9-16(14)23(30,31)32)4-6-15(22(27,28)29)13-10-17(24)19(26)18(25)11-13/h2-6,9-11,15H,1,7-8H2,(H,33,34)/b6-4+. The summed E-state index contributed by atoms with van der Waals surface area (Å²) in [5.41, 5.74) is -3.17. The number of carbonyl (C=O) groups excluding carboxylic acids is 1. The molecule has 1 aliphatic carbocycles. The highest BCUT2D eigenvalue weighted by atomic mass is 35.5. The van der Waals surface area contributed by atoms with Gasteiger partial charge in [0, 0.05) is 0 Å². The van der Waals surface area contributed by atoms with E-state index in [1.54, 1.807) is 0 Å². The Labute approximate surface area is 206 Å². The summed E-state index contributed by atoms with van der Waals surface area (Å²) in [6, 6.07) is 4.65. The van der Waals surface area contributed by atoms with E-state index >= 15 is 0 Å². The maximum atomic E-state index is 13.7. The molecule has 2 nitrogen and oxygen atoms in total. The molecule has 0 aliphatic heterocycles. The Morgan fingerprint density at radius 3 is 2.09 bits per heavy atom. The summed E-state index contributed by atoms with van der Waals surface area (Å²) >= 11 is 17.5. The van der Waals surface area contributed by atoms with Crippen LogP contribution in [0.15, 0.2) is 49.1 Å². The highest BCUT2D eigenvalue weighted by Gasteiger charge is 2.43. The lowest BCUT2D eigenvalue weighted by molar-refractivity contribution is -0.139. The molecule has 0 aromatic heterocycles. The van der Waals surface area contributed by atoms with E-state index in [0.717, 1.165) is 30.3 Å². The summed E-state index contributed by atoms with van der Waals surface area (Å²) in [5.74, 6) is -3.17. The van der Waals surface area contributed by atoms with Crippen LogP contribution in [0.1, 0.15) is 45.8 Å². The zero-order valence-corrected chi connectivity index (χ0v) is 19.4. The second-order valence-corrected chi connectivity index (χ2v) is 8.99. The molecule has 1 atom stereocenters. The number of benzene rings is 2. The van der Waals surface area contributed by atoms with Gasteiger partial charge in [0.15, 0.2) is 0 Å². The van der Waals surface area contributed by atoms with Crippen molar-refractivity contribution < 1.29 is 31.1 Å². The second-order valence-electron chi connectivity index (χ2n) is 7.79. The average Bonchev–Trinajstić information content (AvgIpc) is 3.50. The third-order valence-electron chi connectivity index (χ3n) is 5.33. The zero-order chi connectivity index (χ0) is 25.5. The van der Waals surface area contributed by atoms with Crippen LogP contribution in [0.3, 0.4) is 0 Å². The van der Waals surface area contributed by atoms with E-state index in [-0.39, 0.29) is 26.2 Å². The van der Waals surface area contributed by atoms with Crippen LogP contribution in [0.4, 0.5) is 26.3 Å². The Morgan fingerprint density at radius 2 is 1.62 bits per heavy atom. The van der Waals surface area contributed by atoms with Gasteiger partial charge in [-0.05, 0) is 48.2 Å². The largest absolute Gasteiger partial charge is 0.417 e. The van der Waals surface area contributed by atoms with Crippen LogP contribution in [-0.4, -0.2) is 17.6 Å². The van der Waals surface area contributed by atoms with E-state index in [9.17, 15) is 31.1 Å². The highest BCUT2D eigenvalue weighted by molar-refractivity contribution is 6.48. The van der Waals surface area contributed by atoms with Crippen molar-refractivity contribution in [2.75, 3.05) is 0 Å². The summed E-state index contributed by atoms with van der Waals surface area (Å²) < 4.78 is 82.0. The first-order valence-corrected chi connectivity index (χ1v) is 10.9. The van der Waals surface area contributed by atoms with Gasteiger partial charge in [0.1, 0.15) is 0 Å². The number of halogens is 9. The van der Waals surface area contributed by atoms with Gasteiger partial charge in [-0.3, -0.25) is 4.79 Å². The van der Waals surface area contributed by atoms with Gasteiger partial charge in [-0.15, -0.1) is 6.58 Å². The fourth-order valence-corrected chi connectivity index (χ4v) is 3.89. The first-order chi connectivity index (χ1) is 15.7. The molecule has 2 aromatic carbocycles. The smallest absolute Gasteiger partial charge is 0.343 e. The summed E-state index contributed by atoms with van der Waals surface area (Å²) in [4.78, 5) is 12.5. The van der Waals surface area contributed by atoms with Gasteiger partial charge in [-0.2, -0.15) is 26.3 Å². The quantitative estimate of drug-likeness (QED) is 0.221. The Bertz CT molecular complexity index is 1130. The van der Waals surface area contributed by atoms with E-state index in [0.29, 0.717) is 25.0 Å². The highest BCUT2D eigenvalue weighted by Crippen LogP contribution is 2.42. The number of alkyl halides is 6. The van der Waals surface area contributed by atoms with Crippen molar-refractivity contribution in [3.05, 3.63) is 86.4 Å². The van der Waals surface area contributed by atoms with Gasteiger partial charge >= 0.3 is 12.4 Å². The maximum Gasteiger partial charge on any atom is 0.417 e. The molecule has 1 aliphatic rings. The van der Waals surface area contributed by atoms with Crippen molar-refractivity contribution in [2.24, 2.45) is 0 Å². The fraction of sp³-hybridized carbons (Fsp3) is 0.261. The maximum absolute atomic E-state index is 13.7. The molecule has 1 N–H and O–H groups in total. The van der Waals surface area contributed by atoms with Crippen molar-refractivity contribution >= 4 is 46.8 Å². The molecule has 1 amide bonds. The number of carbonyl (C=O) groups is 1. The van der Waals surface area contributed by atoms with Gasteiger partial charge in [0.25, 0.3) is 5.91 Å². The minimum atomic E-state index is -4.91. The molecule has 0 spiro atoms. The average molecular weight is 543 g/mol. The molecule has 0 saturated heterocycles. The first-order valence-electron chi connectivity index (χ1n) is 9.73. The van der Waals surface area contributed by atoms with Crippen molar-refractivity contribution in [2.45, 2.75) is 36.7 Å². The molecular formula is C23H16Cl3F6NO.